The van der Waals surface area contributed by atoms with Gasteiger partial charge >= 0.3 is 0 Å². The predicted molar refractivity (Wildman–Crippen MR) is 81.4 cm³/mol. The summed E-state index contributed by atoms with van der Waals surface area (Å²) in [6.07, 6.45) is 12.7. The van der Waals surface area contributed by atoms with Gasteiger partial charge in [-0.1, -0.05) is 69.5 Å². The van der Waals surface area contributed by atoms with Crippen molar-refractivity contribution in [3.63, 3.8) is 0 Å². The Hall–Kier alpha value is 0.270. The molecule has 0 bridgehead atoms. The molecule has 2 nitrogen and oxygen atoms in total. The van der Waals surface area contributed by atoms with Crippen LogP contribution in [0.4, 0.5) is 0 Å². The van der Waals surface area contributed by atoms with Crippen LogP contribution in [0.2, 0.25) is 0 Å². The lowest BCUT2D eigenvalue weighted by Gasteiger charge is -2.12. The second-order valence-electron chi connectivity index (χ2n) is 5.34. The second-order valence-corrected chi connectivity index (χ2v) is 6.96. The van der Waals surface area contributed by atoms with E-state index in [2.05, 4.69) is 6.92 Å². The third-order valence-corrected chi connectivity index (χ3v) is 4.75. The van der Waals surface area contributed by atoms with Crippen molar-refractivity contribution < 1.29 is 9.66 Å². The van der Waals surface area contributed by atoms with E-state index in [1.165, 1.54) is 57.8 Å². The highest BCUT2D eigenvalue weighted by Crippen LogP contribution is 2.11. The molecule has 110 valence electrons. The predicted octanol–water partition coefficient (Wildman–Crippen LogP) is 4.04. The van der Waals surface area contributed by atoms with Crippen LogP contribution >= 0.6 is 0 Å². The summed E-state index contributed by atoms with van der Waals surface area (Å²) in [5.41, 5.74) is 0. The van der Waals surface area contributed by atoms with Gasteiger partial charge in [0.25, 0.3) is 0 Å². The molecular formula is C15H32O2S. The molecule has 0 aromatic heterocycles. The molecule has 2 unspecified atom stereocenters. The van der Waals surface area contributed by atoms with Crippen LogP contribution in [0, 0.1) is 0 Å². The highest BCUT2D eigenvalue weighted by Gasteiger charge is 2.09. The lowest BCUT2D eigenvalue weighted by Crippen LogP contribution is -2.20. The summed E-state index contributed by atoms with van der Waals surface area (Å²) in [5.74, 6) is 1.21. The third-order valence-electron chi connectivity index (χ3n) is 3.15. The van der Waals surface area contributed by atoms with Gasteiger partial charge in [0.1, 0.15) is 11.5 Å². The van der Waals surface area contributed by atoms with E-state index in [9.17, 15) is 4.55 Å². The molecule has 1 N–H and O–H groups in total. The van der Waals surface area contributed by atoms with Crippen molar-refractivity contribution in [2.24, 2.45) is 0 Å². The fourth-order valence-electron chi connectivity index (χ4n) is 2.10. The van der Waals surface area contributed by atoms with E-state index in [0.717, 1.165) is 12.2 Å². The molecule has 0 saturated carbocycles. The standard InChI is InChI=1S/C15H32O2S/c1-3-4-5-6-7-8-9-10-11-12-13-18(17)14-15(2)16/h15-16H,3-14H2,1-2H3. The van der Waals surface area contributed by atoms with Crippen LogP contribution in [-0.2, 0) is 11.2 Å². The van der Waals surface area contributed by atoms with Gasteiger partial charge in [-0.05, 0) is 19.8 Å². The Kier molecular flexibility index (Phi) is 13.9. The molecule has 18 heavy (non-hydrogen) atoms. The van der Waals surface area contributed by atoms with Gasteiger partial charge in [-0.2, -0.15) is 0 Å². The number of rotatable bonds is 13. The zero-order chi connectivity index (χ0) is 13.6. The van der Waals surface area contributed by atoms with Crippen molar-refractivity contribution in [1.82, 2.24) is 0 Å². The number of aliphatic hydroxyl groups excluding tert-OH is 1. The summed E-state index contributed by atoms with van der Waals surface area (Å²) in [6.45, 7) is 3.96. The molecule has 2 atom stereocenters. The molecule has 0 aromatic rings. The van der Waals surface area contributed by atoms with Gasteiger partial charge in [-0.15, -0.1) is 0 Å². The minimum absolute atomic E-state index is 0.422. The van der Waals surface area contributed by atoms with Crippen LogP contribution in [0.25, 0.3) is 0 Å². The smallest absolute Gasteiger partial charge is 0.131 e. The molecule has 0 radical (unpaired) electrons. The molecule has 0 aromatic carbocycles. The molecule has 0 spiro atoms. The van der Waals surface area contributed by atoms with Gasteiger partial charge in [0.2, 0.25) is 0 Å². The normalized spacial score (nSPS) is 14.7. The molecule has 0 amide bonds. The van der Waals surface area contributed by atoms with Gasteiger partial charge in [0.05, 0.1) is 6.10 Å². The number of hydrogen-bond donors (Lipinski definition) is 1. The van der Waals surface area contributed by atoms with E-state index in [4.69, 9.17) is 5.11 Å². The van der Waals surface area contributed by atoms with Crippen molar-refractivity contribution in [2.45, 2.75) is 84.2 Å². The first kappa shape index (κ1) is 18.3. The average Bonchev–Trinajstić information content (AvgIpc) is 2.30. The first-order valence-electron chi connectivity index (χ1n) is 7.69. The van der Waals surface area contributed by atoms with Crippen molar-refractivity contribution >= 4 is 11.2 Å². The first-order valence-corrected chi connectivity index (χ1v) is 9.18. The van der Waals surface area contributed by atoms with E-state index < -0.39 is 17.3 Å². The Balaban J connectivity index is 3.07. The second kappa shape index (κ2) is 13.7. The van der Waals surface area contributed by atoms with Gasteiger partial charge in [0, 0.05) is 0 Å². The highest BCUT2D eigenvalue weighted by molar-refractivity contribution is 7.91. The maximum atomic E-state index is 11.4. The summed E-state index contributed by atoms with van der Waals surface area (Å²) in [5, 5.41) is 9.09. The van der Waals surface area contributed by atoms with Gasteiger partial charge in [0.15, 0.2) is 0 Å². The Labute approximate surface area is 117 Å². The molecule has 3 heteroatoms. The van der Waals surface area contributed by atoms with Crippen molar-refractivity contribution in [1.29, 1.82) is 0 Å². The summed E-state index contributed by atoms with van der Waals surface area (Å²) >= 11 is -0.813. The lowest BCUT2D eigenvalue weighted by molar-refractivity contribution is 0.218. The van der Waals surface area contributed by atoms with E-state index in [0.29, 0.717) is 5.75 Å². The maximum absolute atomic E-state index is 11.4. The minimum Gasteiger partial charge on any atom is -0.616 e. The van der Waals surface area contributed by atoms with E-state index >= 15 is 0 Å². The van der Waals surface area contributed by atoms with E-state index in [1.807, 2.05) is 0 Å². The quantitative estimate of drug-likeness (QED) is 0.407. The minimum atomic E-state index is -0.813. The lowest BCUT2D eigenvalue weighted by atomic mass is 10.1. The SMILES string of the molecule is CCCCCCCCCCCC[S+]([O-])CC(C)O. The Morgan fingerprint density at radius 1 is 0.889 bits per heavy atom. The van der Waals surface area contributed by atoms with E-state index in [-0.39, 0.29) is 0 Å². The van der Waals surface area contributed by atoms with Crippen LogP contribution < -0.4 is 0 Å². The zero-order valence-corrected chi connectivity index (χ0v) is 13.1. The van der Waals surface area contributed by atoms with Crippen LogP contribution in [-0.4, -0.2) is 27.3 Å². The van der Waals surface area contributed by atoms with E-state index in [1.54, 1.807) is 6.92 Å². The molecule has 0 saturated heterocycles. The van der Waals surface area contributed by atoms with Crippen molar-refractivity contribution in [3.05, 3.63) is 0 Å². The molecule has 0 aliphatic carbocycles. The van der Waals surface area contributed by atoms with Gasteiger partial charge in [-0.3, -0.25) is 0 Å². The Morgan fingerprint density at radius 3 is 1.78 bits per heavy atom. The number of aliphatic hydroxyl groups is 1. The molecule has 0 rings (SSSR count). The molecular weight excluding hydrogens is 244 g/mol. The van der Waals surface area contributed by atoms with Crippen molar-refractivity contribution in [2.75, 3.05) is 11.5 Å². The van der Waals surface area contributed by atoms with Crippen LogP contribution in [0.1, 0.15) is 78.1 Å². The van der Waals surface area contributed by atoms with Gasteiger partial charge < -0.3 is 9.66 Å². The van der Waals surface area contributed by atoms with Crippen LogP contribution in [0.3, 0.4) is 0 Å². The Bertz CT molecular complexity index is 163. The monoisotopic (exact) mass is 276 g/mol. The first-order chi connectivity index (χ1) is 8.66. The number of hydrogen-bond acceptors (Lipinski definition) is 2. The largest absolute Gasteiger partial charge is 0.616 e. The molecule has 0 aliphatic rings. The summed E-state index contributed by atoms with van der Waals surface area (Å²) in [6, 6.07) is 0. The van der Waals surface area contributed by atoms with Crippen molar-refractivity contribution in [3.8, 4) is 0 Å². The average molecular weight is 276 g/mol. The fraction of sp³-hybridized carbons (Fsp3) is 1.00. The Morgan fingerprint density at radius 2 is 1.33 bits per heavy atom. The zero-order valence-electron chi connectivity index (χ0n) is 12.3. The molecule has 0 fully saturated rings. The highest BCUT2D eigenvalue weighted by atomic mass is 32.2. The van der Waals surface area contributed by atoms with Crippen LogP contribution in [0.15, 0.2) is 0 Å². The topological polar surface area (TPSA) is 43.3 Å². The fourth-order valence-corrected chi connectivity index (χ4v) is 3.33. The summed E-state index contributed by atoms with van der Waals surface area (Å²) in [7, 11) is 0. The third kappa shape index (κ3) is 14.3. The maximum Gasteiger partial charge on any atom is 0.131 e. The number of unbranched alkanes of at least 4 members (excludes halogenated alkanes) is 9. The summed E-state index contributed by atoms with van der Waals surface area (Å²) < 4.78 is 11.4. The molecule has 0 aliphatic heterocycles. The van der Waals surface area contributed by atoms with Crippen LogP contribution in [0.5, 0.6) is 0 Å². The summed E-state index contributed by atoms with van der Waals surface area (Å²) in [4.78, 5) is 0. The van der Waals surface area contributed by atoms with Gasteiger partial charge in [-0.25, -0.2) is 0 Å². The molecule has 0 heterocycles.